The van der Waals surface area contributed by atoms with Crippen molar-refractivity contribution < 1.29 is 19.4 Å². The van der Waals surface area contributed by atoms with Crippen molar-refractivity contribution in [3.05, 3.63) is 34.6 Å². The smallest absolute Gasteiger partial charge is 0.338 e. The van der Waals surface area contributed by atoms with Gasteiger partial charge in [0, 0.05) is 10.8 Å². The third kappa shape index (κ3) is 2.61. The van der Waals surface area contributed by atoms with Crippen LogP contribution in [-0.4, -0.2) is 34.4 Å². The Morgan fingerprint density at radius 2 is 2.00 bits per heavy atom. The summed E-state index contributed by atoms with van der Waals surface area (Å²) in [6.45, 7) is 3.55. The van der Waals surface area contributed by atoms with Gasteiger partial charge in [0.25, 0.3) is 0 Å². The number of hydrogen-bond acceptors (Lipinski definition) is 5. The second-order valence-corrected chi connectivity index (χ2v) is 5.49. The first-order valence-corrected chi connectivity index (χ1v) is 7.00. The van der Waals surface area contributed by atoms with E-state index in [-0.39, 0.29) is 0 Å². The summed E-state index contributed by atoms with van der Waals surface area (Å²) in [7, 11) is 1.32. The number of hydrogen-bond donors (Lipinski definition) is 1. The molecule has 0 amide bonds. The lowest BCUT2D eigenvalue weighted by molar-refractivity contribution is -0.136. The molecule has 0 fully saturated rings. The summed E-state index contributed by atoms with van der Waals surface area (Å²) in [4.78, 5) is 22.0. The van der Waals surface area contributed by atoms with Crippen molar-refractivity contribution in [2.75, 3.05) is 7.11 Å². The molecular formula is C14H13BrN2O4. The zero-order valence-electron chi connectivity index (χ0n) is 11.7. The number of carboxylic acids is 1. The normalized spacial score (nSPS) is 12.2. The van der Waals surface area contributed by atoms with Crippen LogP contribution in [0.1, 0.15) is 32.0 Å². The average Bonchev–Trinajstić information content (AvgIpc) is 2.45. The highest BCUT2D eigenvalue weighted by molar-refractivity contribution is 9.09. The number of halogens is 1. The van der Waals surface area contributed by atoms with Crippen LogP contribution in [0.3, 0.4) is 0 Å². The molecular weight excluding hydrogens is 340 g/mol. The van der Waals surface area contributed by atoms with Gasteiger partial charge in [-0.05, 0) is 31.0 Å². The van der Waals surface area contributed by atoms with Gasteiger partial charge < -0.3 is 9.84 Å². The monoisotopic (exact) mass is 352 g/mol. The Hall–Kier alpha value is -2.02. The Morgan fingerprint density at radius 1 is 1.33 bits per heavy atom. The van der Waals surface area contributed by atoms with Crippen molar-refractivity contribution in [3.8, 4) is 0 Å². The number of aromatic nitrogens is 2. The number of carboxylic acid groups (broad SMARTS) is 1. The molecule has 0 aliphatic heterocycles. The maximum atomic E-state index is 11.9. The van der Waals surface area contributed by atoms with Crippen molar-refractivity contribution in [3.63, 3.8) is 0 Å². The molecule has 1 aromatic carbocycles. The lowest BCUT2D eigenvalue weighted by Gasteiger charge is -2.14. The Labute approximate surface area is 129 Å². The fourth-order valence-electron chi connectivity index (χ4n) is 2.30. The van der Waals surface area contributed by atoms with Gasteiger partial charge in [0.2, 0.25) is 0 Å². The molecule has 0 saturated heterocycles. The zero-order valence-corrected chi connectivity index (χ0v) is 13.3. The van der Waals surface area contributed by atoms with Crippen LogP contribution in [0.5, 0.6) is 0 Å². The van der Waals surface area contributed by atoms with Gasteiger partial charge in [-0.3, -0.25) is 4.79 Å². The summed E-state index contributed by atoms with van der Waals surface area (Å²) in [5, 5.41) is 18.2. The molecule has 1 N–H and O–H groups in total. The first kappa shape index (κ1) is 15.4. The number of ether oxygens (including phenoxy) is 1. The number of alkyl halides is 1. The van der Waals surface area contributed by atoms with E-state index in [0.717, 1.165) is 0 Å². The zero-order chi connectivity index (χ0) is 15.7. The molecule has 0 saturated carbocycles. The number of carbonyl (C=O) groups excluding carboxylic acids is 1. The molecule has 7 heteroatoms. The van der Waals surface area contributed by atoms with E-state index in [9.17, 15) is 9.59 Å². The maximum Gasteiger partial charge on any atom is 0.338 e. The van der Waals surface area contributed by atoms with E-state index >= 15 is 0 Å². The van der Waals surface area contributed by atoms with Gasteiger partial charge in [-0.15, -0.1) is 0 Å². The SMILES string of the molecule is COC(=O)c1c(C)cc2c(C(Br)C(=O)O)nncc2c1C. The number of rotatable bonds is 3. The molecule has 6 nitrogen and oxygen atoms in total. The number of methoxy groups -OCH3 is 1. The number of nitrogens with zero attached hydrogens (tertiary/aromatic N) is 2. The van der Waals surface area contributed by atoms with Crippen LogP contribution in [0.2, 0.25) is 0 Å². The minimum Gasteiger partial charge on any atom is -0.480 e. The van der Waals surface area contributed by atoms with Gasteiger partial charge >= 0.3 is 11.9 Å². The highest BCUT2D eigenvalue weighted by Crippen LogP contribution is 2.32. The van der Waals surface area contributed by atoms with Crippen LogP contribution in [0.4, 0.5) is 0 Å². The second-order valence-electron chi connectivity index (χ2n) is 4.58. The van der Waals surface area contributed by atoms with Crippen LogP contribution in [0.15, 0.2) is 12.3 Å². The molecule has 2 rings (SSSR count). The van der Waals surface area contributed by atoms with E-state index in [1.807, 2.05) is 0 Å². The van der Waals surface area contributed by atoms with Crippen molar-refractivity contribution in [1.82, 2.24) is 10.2 Å². The number of aryl methyl sites for hydroxylation is 2. The van der Waals surface area contributed by atoms with Gasteiger partial charge in [-0.2, -0.15) is 10.2 Å². The third-order valence-electron chi connectivity index (χ3n) is 3.30. The van der Waals surface area contributed by atoms with E-state index in [1.165, 1.54) is 13.3 Å². The van der Waals surface area contributed by atoms with Gasteiger partial charge in [0.05, 0.1) is 24.6 Å². The molecule has 0 aliphatic carbocycles. The molecule has 2 aromatic rings. The summed E-state index contributed by atoms with van der Waals surface area (Å²) >= 11 is 3.09. The first-order chi connectivity index (χ1) is 9.88. The van der Waals surface area contributed by atoms with E-state index in [4.69, 9.17) is 9.84 Å². The standard InChI is InChI=1S/C14H13BrN2O4/c1-6-4-8-9(7(2)10(6)14(20)21-3)5-16-17-12(8)11(15)13(18)19/h4-5,11H,1-3H3,(H,18,19). The lowest BCUT2D eigenvalue weighted by Crippen LogP contribution is -2.11. The number of fused-ring (bicyclic) bond motifs is 1. The molecule has 1 aromatic heterocycles. The predicted molar refractivity (Wildman–Crippen MR) is 79.7 cm³/mol. The second kappa shape index (κ2) is 5.77. The van der Waals surface area contributed by atoms with Crippen LogP contribution in [0, 0.1) is 13.8 Å². The van der Waals surface area contributed by atoms with Crippen LogP contribution < -0.4 is 0 Å². The van der Waals surface area contributed by atoms with Gasteiger partial charge in [-0.25, -0.2) is 4.79 Å². The largest absolute Gasteiger partial charge is 0.480 e. The molecule has 110 valence electrons. The molecule has 1 unspecified atom stereocenters. The maximum absolute atomic E-state index is 11.9. The molecule has 1 atom stereocenters. The van der Waals surface area contributed by atoms with E-state index < -0.39 is 16.8 Å². The average molecular weight is 353 g/mol. The van der Waals surface area contributed by atoms with Crippen LogP contribution in [-0.2, 0) is 9.53 Å². The highest BCUT2D eigenvalue weighted by atomic mass is 79.9. The Morgan fingerprint density at radius 3 is 2.57 bits per heavy atom. The third-order valence-corrected chi connectivity index (χ3v) is 4.12. The Balaban J connectivity index is 2.80. The Bertz CT molecular complexity index is 745. The predicted octanol–water partition coefficient (Wildman–Crippen LogP) is 2.55. The summed E-state index contributed by atoms with van der Waals surface area (Å²) in [5.41, 5.74) is 2.16. The molecule has 0 radical (unpaired) electrons. The van der Waals surface area contributed by atoms with Gasteiger partial charge in [-0.1, -0.05) is 15.9 Å². The van der Waals surface area contributed by atoms with Gasteiger partial charge in [0.1, 0.15) is 0 Å². The van der Waals surface area contributed by atoms with Crippen LogP contribution >= 0.6 is 15.9 Å². The molecule has 0 aliphatic rings. The number of esters is 1. The van der Waals surface area contributed by atoms with E-state index in [2.05, 4.69) is 26.1 Å². The number of carbonyl (C=O) groups is 2. The van der Waals surface area contributed by atoms with Crippen molar-refractivity contribution in [2.24, 2.45) is 0 Å². The summed E-state index contributed by atoms with van der Waals surface area (Å²) in [6.07, 6.45) is 1.52. The highest BCUT2D eigenvalue weighted by Gasteiger charge is 2.23. The minimum absolute atomic E-state index is 0.308. The lowest BCUT2D eigenvalue weighted by atomic mass is 9.95. The van der Waals surface area contributed by atoms with E-state index in [1.54, 1.807) is 19.9 Å². The molecule has 0 spiro atoms. The Kier molecular flexibility index (Phi) is 4.22. The van der Waals surface area contributed by atoms with Gasteiger partial charge in [0.15, 0.2) is 4.83 Å². The minimum atomic E-state index is -1.05. The first-order valence-electron chi connectivity index (χ1n) is 6.09. The summed E-state index contributed by atoms with van der Waals surface area (Å²) in [6, 6.07) is 1.73. The molecule has 21 heavy (non-hydrogen) atoms. The number of benzene rings is 1. The van der Waals surface area contributed by atoms with Crippen molar-refractivity contribution >= 4 is 38.6 Å². The van der Waals surface area contributed by atoms with Crippen LogP contribution in [0.25, 0.3) is 10.8 Å². The van der Waals surface area contributed by atoms with E-state index in [0.29, 0.717) is 33.2 Å². The number of aliphatic carboxylic acids is 1. The van der Waals surface area contributed by atoms with Crippen molar-refractivity contribution in [1.29, 1.82) is 0 Å². The molecule has 1 heterocycles. The summed E-state index contributed by atoms with van der Waals surface area (Å²) in [5.74, 6) is -1.48. The fraction of sp³-hybridized carbons (Fsp3) is 0.286. The fourth-order valence-corrected chi connectivity index (χ4v) is 2.64. The van der Waals surface area contributed by atoms with Crippen molar-refractivity contribution in [2.45, 2.75) is 18.7 Å². The topological polar surface area (TPSA) is 89.4 Å². The summed E-state index contributed by atoms with van der Waals surface area (Å²) < 4.78 is 4.78. The quantitative estimate of drug-likeness (QED) is 0.674. The molecule has 0 bridgehead atoms.